The molecule has 0 aromatic carbocycles. The van der Waals surface area contributed by atoms with Crippen molar-refractivity contribution < 1.29 is 9.21 Å². The lowest BCUT2D eigenvalue weighted by Crippen LogP contribution is -2.12. The Balaban J connectivity index is 2.14. The Hall–Kier alpha value is -1.56. The van der Waals surface area contributed by atoms with Crippen molar-refractivity contribution in [3.8, 4) is 0 Å². The van der Waals surface area contributed by atoms with Crippen LogP contribution in [-0.2, 0) is 7.05 Å². The van der Waals surface area contributed by atoms with Crippen LogP contribution in [-0.4, -0.2) is 15.7 Å². The van der Waals surface area contributed by atoms with E-state index in [2.05, 4.69) is 26.3 Å². The van der Waals surface area contributed by atoms with Crippen LogP contribution in [0.3, 0.4) is 0 Å². The number of amides is 1. The average Bonchev–Trinajstić information content (AvgIpc) is 2.75. The van der Waals surface area contributed by atoms with Gasteiger partial charge in [0.05, 0.1) is 11.8 Å². The second-order valence-corrected chi connectivity index (χ2v) is 3.66. The molecule has 1 N–H and O–H groups in total. The first-order valence-electron chi connectivity index (χ1n) is 4.21. The SMILES string of the molecule is Cn1ccc(NC(=O)c2ccoc2Br)n1. The van der Waals surface area contributed by atoms with Crippen LogP contribution in [0.5, 0.6) is 0 Å². The fourth-order valence-corrected chi connectivity index (χ4v) is 1.54. The normalized spacial score (nSPS) is 10.3. The molecule has 1 amide bonds. The van der Waals surface area contributed by atoms with Gasteiger partial charge in [-0.25, -0.2) is 0 Å². The molecule has 2 rings (SSSR count). The number of hydrogen-bond acceptors (Lipinski definition) is 3. The number of carbonyl (C=O) groups is 1. The zero-order valence-corrected chi connectivity index (χ0v) is 9.48. The van der Waals surface area contributed by atoms with Gasteiger partial charge in [-0.15, -0.1) is 0 Å². The molecular weight excluding hydrogens is 262 g/mol. The van der Waals surface area contributed by atoms with Crippen LogP contribution in [0.2, 0.25) is 0 Å². The van der Waals surface area contributed by atoms with E-state index in [-0.39, 0.29) is 5.91 Å². The third kappa shape index (κ3) is 2.10. The topological polar surface area (TPSA) is 60.1 Å². The second kappa shape index (κ2) is 3.90. The number of halogens is 1. The van der Waals surface area contributed by atoms with Crippen LogP contribution in [0.4, 0.5) is 5.82 Å². The number of aromatic nitrogens is 2. The number of nitrogens with one attached hydrogen (secondary N) is 1. The first-order valence-corrected chi connectivity index (χ1v) is 5.00. The van der Waals surface area contributed by atoms with Gasteiger partial charge in [0.25, 0.3) is 5.91 Å². The van der Waals surface area contributed by atoms with E-state index in [1.165, 1.54) is 6.26 Å². The number of rotatable bonds is 2. The van der Waals surface area contributed by atoms with Crippen molar-refractivity contribution in [2.24, 2.45) is 7.05 Å². The summed E-state index contributed by atoms with van der Waals surface area (Å²) < 4.78 is 6.98. The standard InChI is InChI=1S/C9H8BrN3O2/c1-13-4-2-7(12-13)11-9(14)6-3-5-15-8(6)10/h2-5H,1H3,(H,11,12,14). The highest BCUT2D eigenvalue weighted by atomic mass is 79.9. The van der Waals surface area contributed by atoms with E-state index >= 15 is 0 Å². The molecule has 6 heteroatoms. The third-order valence-corrected chi connectivity index (χ3v) is 2.43. The molecular formula is C9H8BrN3O2. The van der Waals surface area contributed by atoms with E-state index in [9.17, 15) is 4.79 Å². The van der Waals surface area contributed by atoms with Crippen LogP contribution in [0.1, 0.15) is 10.4 Å². The number of furan rings is 1. The highest BCUT2D eigenvalue weighted by molar-refractivity contribution is 9.10. The minimum Gasteiger partial charge on any atom is -0.457 e. The first-order chi connectivity index (χ1) is 7.16. The quantitative estimate of drug-likeness (QED) is 0.908. The Bertz CT molecular complexity index is 489. The predicted octanol–water partition coefficient (Wildman–Crippen LogP) is 2.03. The maximum absolute atomic E-state index is 11.7. The monoisotopic (exact) mass is 269 g/mol. The van der Waals surface area contributed by atoms with E-state index in [0.717, 1.165) is 0 Å². The van der Waals surface area contributed by atoms with Gasteiger partial charge >= 0.3 is 0 Å². The molecule has 2 aromatic heterocycles. The third-order valence-electron chi connectivity index (χ3n) is 1.82. The largest absolute Gasteiger partial charge is 0.457 e. The highest BCUT2D eigenvalue weighted by Crippen LogP contribution is 2.18. The van der Waals surface area contributed by atoms with Crippen molar-refractivity contribution in [3.63, 3.8) is 0 Å². The Morgan fingerprint density at radius 3 is 2.93 bits per heavy atom. The molecule has 78 valence electrons. The van der Waals surface area contributed by atoms with Crippen LogP contribution >= 0.6 is 15.9 Å². The number of anilines is 1. The van der Waals surface area contributed by atoms with E-state index in [1.54, 1.807) is 30.1 Å². The zero-order valence-electron chi connectivity index (χ0n) is 7.90. The van der Waals surface area contributed by atoms with Crippen LogP contribution in [0, 0.1) is 0 Å². The summed E-state index contributed by atoms with van der Waals surface area (Å²) in [5.41, 5.74) is 0.445. The van der Waals surface area contributed by atoms with Gasteiger partial charge < -0.3 is 9.73 Å². The Labute approximate surface area is 94.2 Å². The molecule has 0 spiro atoms. The molecule has 0 radical (unpaired) electrons. The average molecular weight is 270 g/mol. The molecule has 5 nitrogen and oxygen atoms in total. The predicted molar refractivity (Wildman–Crippen MR) is 57.6 cm³/mol. The van der Waals surface area contributed by atoms with Crippen molar-refractivity contribution in [2.75, 3.05) is 5.32 Å². The zero-order chi connectivity index (χ0) is 10.8. The minimum absolute atomic E-state index is 0.255. The minimum atomic E-state index is -0.255. The summed E-state index contributed by atoms with van der Waals surface area (Å²) in [5, 5.41) is 6.67. The summed E-state index contributed by atoms with van der Waals surface area (Å²) in [6.07, 6.45) is 3.19. The Morgan fingerprint density at radius 1 is 1.60 bits per heavy atom. The van der Waals surface area contributed by atoms with Gasteiger partial charge in [-0.2, -0.15) is 5.10 Å². The van der Waals surface area contributed by atoms with Gasteiger partial charge in [0.15, 0.2) is 10.5 Å². The molecule has 0 saturated carbocycles. The molecule has 0 saturated heterocycles. The summed E-state index contributed by atoms with van der Waals surface area (Å²) >= 11 is 3.13. The van der Waals surface area contributed by atoms with Gasteiger partial charge in [0, 0.05) is 19.3 Å². The molecule has 0 fully saturated rings. The summed E-state index contributed by atoms with van der Waals surface area (Å²) in [5.74, 6) is 0.255. The molecule has 0 aliphatic carbocycles. The van der Waals surface area contributed by atoms with E-state index in [4.69, 9.17) is 4.42 Å². The van der Waals surface area contributed by atoms with Gasteiger partial charge in [-0.1, -0.05) is 0 Å². The maximum Gasteiger partial charge on any atom is 0.261 e. The van der Waals surface area contributed by atoms with E-state index in [1.807, 2.05) is 0 Å². The van der Waals surface area contributed by atoms with Crippen LogP contribution in [0.15, 0.2) is 33.7 Å². The number of aryl methyl sites for hydroxylation is 1. The van der Waals surface area contributed by atoms with Crippen LogP contribution in [0.25, 0.3) is 0 Å². The molecule has 0 aliphatic rings. The fourth-order valence-electron chi connectivity index (χ4n) is 1.12. The van der Waals surface area contributed by atoms with Crippen LogP contribution < -0.4 is 5.32 Å². The fraction of sp³-hybridized carbons (Fsp3) is 0.111. The number of carbonyl (C=O) groups excluding carboxylic acids is 1. The van der Waals surface area contributed by atoms with E-state index in [0.29, 0.717) is 16.1 Å². The maximum atomic E-state index is 11.7. The molecule has 15 heavy (non-hydrogen) atoms. The molecule has 0 unspecified atom stereocenters. The summed E-state index contributed by atoms with van der Waals surface area (Å²) in [6, 6.07) is 3.30. The van der Waals surface area contributed by atoms with Crippen molar-refractivity contribution >= 4 is 27.7 Å². The first kappa shape index (κ1) is 9.97. The van der Waals surface area contributed by atoms with Crippen molar-refractivity contribution in [3.05, 3.63) is 34.8 Å². The number of hydrogen-bond donors (Lipinski definition) is 1. The summed E-state index contributed by atoms with van der Waals surface area (Å²) in [7, 11) is 1.78. The van der Waals surface area contributed by atoms with Gasteiger partial charge in [0.2, 0.25) is 0 Å². The molecule has 2 heterocycles. The lowest BCUT2D eigenvalue weighted by Gasteiger charge is -1.98. The van der Waals surface area contributed by atoms with Gasteiger partial charge in [-0.3, -0.25) is 9.48 Å². The van der Waals surface area contributed by atoms with E-state index < -0.39 is 0 Å². The summed E-state index contributed by atoms with van der Waals surface area (Å²) in [6.45, 7) is 0. The second-order valence-electron chi connectivity index (χ2n) is 2.94. The Morgan fingerprint density at radius 2 is 2.40 bits per heavy atom. The Kier molecular flexibility index (Phi) is 2.59. The van der Waals surface area contributed by atoms with Crippen molar-refractivity contribution in [1.29, 1.82) is 0 Å². The molecule has 2 aromatic rings. The molecule has 0 aliphatic heterocycles. The van der Waals surface area contributed by atoms with Gasteiger partial charge in [0.1, 0.15) is 0 Å². The highest BCUT2D eigenvalue weighted by Gasteiger charge is 2.13. The molecule has 0 bridgehead atoms. The lowest BCUT2D eigenvalue weighted by molar-refractivity contribution is 0.102. The summed E-state index contributed by atoms with van der Waals surface area (Å²) in [4.78, 5) is 11.7. The molecule has 0 atom stereocenters. The van der Waals surface area contributed by atoms with Gasteiger partial charge in [-0.05, 0) is 22.0 Å². The van der Waals surface area contributed by atoms with Crippen molar-refractivity contribution in [1.82, 2.24) is 9.78 Å². The van der Waals surface area contributed by atoms with Crippen molar-refractivity contribution in [2.45, 2.75) is 0 Å². The lowest BCUT2D eigenvalue weighted by atomic mass is 10.3. The smallest absolute Gasteiger partial charge is 0.261 e. The number of nitrogens with zero attached hydrogens (tertiary/aromatic N) is 2.